The van der Waals surface area contributed by atoms with Gasteiger partial charge in [-0.3, -0.25) is 9.13 Å². The number of allylic oxidation sites excluding steroid dienone is 4. The second-order valence-corrected chi connectivity index (χ2v) is 17.6. The minimum absolute atomic E-state index is 0.202. The van der Waals surface area contributed by atoms with Crippen LogP contribution in [0.1, 0.15) is 18.3 Å². The summed E-state index contributed by atoms with van der Waals surface area (Å²) in [6.07, 6.45) is 6.99. The minimum Gasteiger partial charge on any atom is -0.317 e. The van der Waals surface area contributed by atoms with Crippen molar-refractivity contribution in [3.63, 3.8) is 0 Å². The number of halogens is 3. The average Bonchev–Trinajstić information content (AvgIpc) is 4.14. The Labute approximate surface area is 410 Å². The van der Waals surface area contributed by atoms with Crippen LogP contribution in [0, 0.1) is 17.5 Å². The predicted molar refractivity (Wildman–Crippen MR) is 277 cm³/mol. The predicted octanol–water partition coefficient (Wildman–Crippen LogP) is 14.2. The highest BCUT2D eigenvalue weighted by molar-refractivity contribution is 5.86. The van der Waals surface area contributed by atoms with Gasteiger partial charge in [-0.2, -0.15) is 0 Å². The van der Waals surface area contributed by atoms with Gasteiger partial charge in [-0.15, -0.1) is 0 Å². The first-order valence-corrected chi connectivity index (χ1v) is 23.4. The zero-order valence-electron chi connectivity index (χ0n) is 38.2. The fourth-order valence-electron chi connectivity index (χ4n) is 9.67. The van der Waals surface area contributed by atoms with Crippen molar-refractivity contribution in [1.82, 2.24) is 43.6 Å². The zero-order chi connectivity index (χ0) is 48.3. The van der Waals surface area contributed by atoms with Crippen LogP contribution in [0.3, 0.4) is 0 Å². The van der Waals surface area contributed by atoms with Gasteiger partial charge in [-0.05, 0) is 140 Å². The first kappa shape index (κ1) is 42.5. The molecule has 0 aliphatic heterocycles. The van der Waals surface area contributed by atoms with Gasteiger partial charge >= 0.3 is 0 Å². The number of hydrogen-bond acceptors (Lipinski definition) is 6. The Morgan fingerprint density at radius 2 is 0.792 bits per heavy atom. The molecule has 0 N–H and O–H groups in total. The molecule has 1 aliphatic carbocycles. The molecule has 0 amide bonds. The molecule has 72 heavy (non-hydrogen) atoms. The first-order valence-electron chi connectivity index (χ1n) is 23.4. The standard InChI is InChI=1S/C60H38F3N9/c61-43-28-22-37(23-29-43)58-64-49-16-1-4-19-52(49)70(58)46-13-7-10-40(34-46)55-67-56(41-11-8-14-47(35-41)71-53-20-5-2-17-50(53)65-59(71)38-24-30-44(62)31-25-38)69-57(68-55)42-12-9-15-48(36-42)72-54-21-6-3-18-51(54)66-60(72)39-26-32-45(63)33-27-39/h1-14,16-36,48H,15H2. The monoisotopic (exact) mass is 941 g/mol. The molecule has 8 aromatic carbocycles. The van der Waals surface area contributed by atoms with Gasteiger partial charge in [0.15, 0.2) is 17.5 Å². The van der Waals surface area contributed by atoms with E-state index >= 15 is 0 Å². The van der Waals surface area contributed by atoms with E-state index < -0.39 is 0 Å². The van der Waals surface area contributed by atoms with Gasteiger partial charge in [0.2, 0.25) is 0 Å². The highest BCUT2D eigenvalue weighted by Gasteiger charge is 2.24. The molecule has 4 aromatic heterocycles. The third-order valence-electron chi connectivity index (χ3n) is 13.0. The fraction of sp³-hybridized carbons (Fsp3) is 0.0333. The van der Waals surface area contributed by atoms with E-state index in [2.05, 4.69) is 31.9 Å². The van der Waals surface area contributed by atoms with Gasteiger partial charge in [-0.1, -0.05) is 78.9 Å². The molecule has 0 radical (unpaired) electrons. The van der Waals surface area contributed by atoms with Crippen LogP contribution in [-0.4, -0.2) is 43.6 Å². The van der Waals surface area contributed by atoms with Crippen LogP contribution in [0.5, 0.6) is 0 Å². The van der Waals surface area contributed by atoms with Crippen molar-refractivity contribution in [3.8, 4) is 68.3 Å². The lowest BCUT2D eigenvalue weighted by molar-refractivity contribution is 0.625. The maximum Gasteiger partial charge on any atom is 0.164 e. The molecule has 13 rings (SSSR count). The van der Waals surface area contributed by atoms with Crippen LogP contribution in [0.2, 0.25) is 0 Å². The van der Waals surface area contributed by atoms with Crippen LogP contribution >= 0.6 is 0 Å². The third kappa shape index (κ3) is 7.62. The normalized spacial score (nSPS) is 13.6. The smallest absolute Gasteiger partial charge is 0.164 e. The minimum atomic E-state index is -0.331. The SMILES string of the molecule is Fc1ccc(-c2nc3ccccc3n2-c2cccc(-c3nc(C4=CC(n5c(-c6ccc(F)cc6)nc6ccccc65)CC=C4)nc(-c4cccc(-n5c(-c6ccc(F)cc6)nc6ccccc65)c4)n3)c2)cc1. The summed E-state index contributed by atoms with van der Waals surface area (Å²) in [5.74, 6) is 2.38. The van der Waals surface area contributed by atoms with Gasteiger partial charge in [-0.25, -0.2) is 43.1 Å². The highest BCUT2D eigenvalue weighted by Crippen LogP contribution is 2.37. The second-order valence-electron chi connectivity index (χ2n) is 17.6. The Bertz CT molecular complexity index is 3930. The first-order chi connectivity index (χ1) is 35.4. The van der Waals surface area contributed by atoms with Gasteiger partial charge < -0.3 is 4.57 Å². The molecule has 0 saturated carbocycles. The van der Waals surface area contributed by atoms with Crippen molar-refractivity contribution in [1.29, 1.82) is 0 Å². The molecule has 9 nitrogen and oxygen atoms in total. The molecule has 0 bridgehead atoms. The van der Waals surface area contributed by atoms with E-state index in [9.17, 15) is 13.2 Å². The second kappa shape index (κ2) is 17.4. The van der Waals surface area contributed by atoms with Crippen molar-refractivity contribution in [3.05, 3.63) is 236 Å². The van der Waals surface area contributed by atoms with E-state index in [0.717, 1.165) is 83.7 Å². The van der Waals surface area contributed by atoms with Crippen LogP contribution in [0.4, 0.5) is 13.2 Å². The van der Waals surface area contributed by atoms with Gasteiger partial charge in [0, 0.05) is 44.8 Å². The number of imidazole rings is 3. The van der Waals surface area contributed by atoms with Crippen molar-refractivity contribution < 1.29 is 13.2 Å². The molecule has 12 heteroatoms. The molecule has 12 aromatic rings. The molecule has 1 aliphatic rings. The van der Waals surface area contributed by atoms with E-state index in [1.165, 1.54) is 36.4 Å². The summed E-state index contributed by atoms with van der Waals surface area (Å²) < 4.78 is 49.0. The fourth-order valence-corrected chi connectivity index (χ4v) is 9.67. The maximum atomic E-state index is 14.2. The molecule has 0 saturated heterocycles. The number of benzene rings is 8. The average molecular weight is 942 g/mol. The maximum absolute atomic E-state index is 14.2. The third-order valence-corrected chi connectivity index (χ3v) is 13.0. The summed E-state index contributed by atoms with van der Waals surface area (Å²) >= 11 is 0. The molecular formula is C60H38F3N9. The van der Waals surface area contributed by atoms with Crippen LogP contribution in [0.25, 0.3) is 107 Å². The van der Waals surface area contributed by atoms with E-state index in [1.54, 1.807) is 36.4 Å². The quantitative estimate of drug-likeness (QED) is 0.143. The summed E-state index contributed by atoms with van der Waals surface area (Å²) in [5.41, 5.74) is 11.3. The van der Waals surface area contributed by atoms with E-state index in [-0.39, 0.29) is 23.5 Å². The largest absolute Gasteiger partial charge is 0.317 e. The molecular weight excluding hydrogens is 904 g/mol. The van der Waals surface area contributed by atoms with Gasteiger partial charge in [0.05, 0.1) is 39.1 Å². The van der Waals surface area contributed by atoms with E-state index in [0.29, 0.717) is 35.5 Å². The summed E-state index contributed by atoms with van der Waals surface area (Å²) in [4.78, 5) is 30.8. The summed E-state index contributed by atoms with van der Waals surface area (Å²) in [7, 11) is 0. The number of rotatable bonds is 9. The molecule has 1 unspecified atom stereocenters. The topological polar surface area (TPSA) is 92.1 Å². The Kier molecular flexibility index (Phi) is 10.3. The van der Waals surface area contributed by atoms with E-state index in [1.807, 2.05) is 121 Å². The van der Waals surface area contributed by atoms with Gasteiger partial charge in [0.1, 0.15) is 34.9 Å². The lowest BCUT2D eigenvalue weighted by Crippen LogP contribution is -2.11. The van der Waals surface area contributed by atoms with Crippen LogP contribution in [0.15, 0.2) is 212 Å². The summed E-state index contributed by atoms with van der Waals surface area (Å²) in [5, 5.41) is 0. The van der Waals surface area contributed by atoms with Crippen molar-refractivity contribution in [2.45, 2.75) is 12.5 Å². The number of hydrogen-bond donors (Lipinski definition) is 0. The van der Waals surface area contributed by atoms with Crippen LogP contribution in [-0.2, 0) is 0 Å². The van der Waals surface area contributed by atoms with Crippen LogP contribution < -0.4 is 0 Å². The van der Waals surface area contributed by atoms with Gasteiger partial charge in [0.25, 0.3) is 0 Å². The van der Waals surface area contributed by atoms with Crippen molar-refractivity contribution in [2.24, 2.45) is 0 Å². The molecule has 0 fully saturated rings. The highest BCUT2D eigenvalue weighted by atomic mass is 19.1. The molecule has 0 spiro atoms. The lowest BCUT2D eigenvalue weighted by atomic mass is 10.0. The Hall–Kier alpha value is -9.55. The number of aromatic nitrogens is 9. The molecule has 4 heterocycles. The number of nitrogens with zero attached hydrogens (tertiary/aromatic N) is 9. The molecule has 1 atom stereocenters. The molecule has 344 valence electrons. The number of para-hydroxylation sites is 6. The van der Waals surface area contributed by atoms with Crippen molar-refractivity contribution >= 4 is 38.7 Å². The Morgan fingerprint density at radius 3 is 1.29 bits per heavy atom. The number of fused-ring (bicyclic) bond motifs is 3. The van der Waals surface area contributed by atoms with E-state index in [4.69, 9.17) is 29.9 Å². The Morgan fingerprint density at radius 1 is 0.375 bits per heavy atom. The summed E-state index contributed by atoms with van der Waals surface area (Å²) in [6.45, 7) is 0. The Balaban J connectivity index is 0.987. The lowest BCUT2D eigenvalue weighted by Gasteiger charge is -2.21. The van der Waals surface area contributed by atoms with Crippen molar-refractivity contribution in [2.75, 3.05) is 0 Å². The zero-order valence-corrected chi connectivity index (χ0v) is 38.2. The summed E-state index contributed by atoms with van der Waals surface area (Å²) in [6, 6.07) is 58.7.